The van der Waals surface area contributed by atoms with Crippen LogP contribution in [0.5, 0.6) is 0 Å². The fourth-order valence-corrected chi connectivity index (χ4v) is 0.295. The second-order valence-corrected chi connectivity index (χ2v) is 1.26. The minimum absolute atomic E-state index is 0.544. The van der Waals surface area contributed by atoms with Crippen LogP contribution in [0.25, 0.3) is 0 Å². The third-order valence-electron chi connectivity index (χ3n) is 0.606. The lowest BCUT2D eigenvalue weighted by Gasteiger charge is -1.83. The van der Waals surface area contributed by atoms with Gasteiger partial charge in [-0.25, -0.2) is 0 Å². The van der Waals surface area contributed by atoms with E-state index in [1.165, 1.54) is 0 Å². The third kappa shape index (κ3) is 3.03. The average molecular weight is 98.1 g/mol. The van der Waals surface area contributed by atoms with Crippen molar-refractivity contribution in [3.63, 3.8) is 0 Å². The first-order valence-electron chi connectivity index (χ1n) is 2.27. The van der Waals surface area contributed by atoms with Gasteiger partial charge < -0.3 is 11.1 Å². The van der Waals surface area contributed by atoms with E-state index in [4.69, 9.17) is 11.1 Å². The van der Waals surface area contributed by atoms with E-state index in [1.54, 1.807) is 6.08 Å². The van der Waals surface area contributed by atoms with Crippen LogP contribution in [0.4, 0.5) is 0 Å². The largest absolute Gasteiger partial charge is 0.398 e. The molecule has 0 unspecified atom stereocenters. The van der Waals surface area contributed by atoms with E-state index >= 15 is 0 Å². The summed E-state index contributed by atoms with van der Waals surface area (Å²) >= 11 is 0. The Hall–Kier alpha value is -0.790. The summed E-state index contributed by atoms with van der Waals surface area (Å²) in [5.74, 6) is 0. The summed E-state index contributed by atoms with van der Waals surface area (Å²) in [4.78, 5) is 0. The molecule has 0 aromatic carbocycles. The maximum atomic E-state index is 6.59. The molecule has 0 aliphatic heterocycles. The quantitative estimate of drug-likeness (QED) is 0.495. The van der Waals surface area contributed by atoms with Gasteiger partial charge in [0.2, 0.25) is 0 Å². The van der Waals surface area contributed by atoms with Crippen molar-refractivity contribution in [2.45, 2.75) is 13.3 Å². The number of nitrogens with two attached hydrogens (primary N) is 1. The molecule has 0 aliphatic rings. The Kier molecular flexibility index (Phi) is 3.02. The SMILES string of the molecule is CC/C=C(/N)C=N. The second-order valence-electron chi connectivity index (χ2n) is 1.26. The second kappa shape index (κ2) is 3.40. The normalized spacial score (nSPS) is 11.3. The van der Waals surface area contributed by atoms with Gasteiger partial charge in [-0.15, -0.1) is 0 Å². The predicted octanol–water partition coefficient (Wildman–Crippen LogP) is 0.889. The van der Waals surface area contributed by atoms with E-state index in [2.05, 4.69) is 0 Å². The van der Waals surface area contributed by atoms with Gasteiger partial charge in [0.1, 0.15) is 0 Å². The van der Waals surface area contributed by atoms with Crippen LogP contribution in [0.2, 0.25) is 0 Å². The van der Waals surface area contributed by atoms with Gasteiger partial charge in [-0.2, -0.15) is 0 Å². The Bertz CT molecular complexity index is 84.1. The Balaban J connectivity index is 3.49. The molecule has 0 spiro atoms. The molecule has 3 N–H and O–H groups in total. The minimum atomic E-state index is 0.544. The Morgan fingerprint density at radius 3 is 2.57 bits per heavy atom. The Morgan fingerprint density at radius 1 is 1.86 bits per heavy atom. The minimum Gasteiger partial charge on any atom is -0.398 e. The third-order valence-corrected chi connectivity index (χ3v) is 0.606. The number of hydrogen-bond acceptors (Lipinski definition) is 2. The van der Waals surface area contributed by atoms with Gasteiger partial charge in [0, 0.05) is 11.9 Å². The van der Waals surface area contributed by atoms with Gasteiger partial charge in [0.05, 0.1) is 0 Å². The molecule has 0 bridgehead atoms. The molecular formula is C5H10N2. The molecule has 2 heteroatoms. The molecule has 0 aromatic heterocycles. The zero-order chi connectivity index (χ0) is 5.70. The summed E-state index contributed by atoms with van der Waals surface area (Å²) in [7, 11) is 0. The topological polar surface area (TPSA) is 49.9 Å². The molecular weight excluding hydrogens is 88.1 g/mol. The lowest BCUT2D eigenvalue weighted by atomic mass is 10.4. The highest BCUT2D eigenvalue weighted by Gasteiger charge is 1.73. The van der Waals surface area contributed by atoms with E-state index in [1.807, 2.05) is 6.92 Å². The first-order valence-corrected chi connectivity index (χ1v) is 2.27. The lowest BCUT2D eigenvalue weighted by Crippen LogP contribution is -1.95. The highest BCUT2D eigenvalue weighted by Crippen LogP contribution is 1.80. The first kappa shape index (κ1) is 6.21. The molecule has 0 amide bonds. The van der Waals surface area contributed by atoms with Crippen LogP contribution in [0.1, 0.15) is 13.3 Å². The van der Waals surface area contributed by atoms with Gasteiger partial charge in [-0.3, -0.25) is 0 Å². The fourth-order valence-electron chi connectivity index (χ4n) is 0.295. The van der Waals surface area contributed by atoms with Crippen molar-refractivity contribution in [2.24, 2.45) is 5.73 Å². The summed E-state index contributed by atoms with van der Waals surface area (Å²) in [6, 6.07) is 0. The Morgan fingerprint density at radius 2 is 2.43 bits per heavy atom. The van der Waals surface area contributed by atoms with E-state index in [9.17, 15) is 0 Å². The van der Waals surface area contributed by atoms with Crippen LogP contribution >= 0.6 is 0 Å². The van der Waals surface area contributed by atoms with Gasteiger partial charge in [-0.05, 0) is 6.42 Å². The van der Waals surface area contributed by atoms with Crippen LogP contribution in [-0.4, -0.2) is 6.21 Å². The Labute approximate surface area is 43.5 Å². The number of hydrogen-bond donors (Lipinski definition) is 2. The van der Waals surface area contributed by atoms with E-state index in [0.717, 1.165) is 12.6 Å². The zero-order valence-corrected chi connectivity index (χ0v) is 4.44. The van der Waals surface area contributed by atoms with Gasteiger partial charge in [-0.1, -0.05) is 13.0 Å². The van der Waals surface area contributed by atoms with Crippen molar-refractivity contribution in [1.29, 1.82) is 5.41 Å². The van der Waals surface area contributed by atoms with E-state index < -0.39 is 0 Å². The van der Waals surface area contributed by atoms with Gasteiger partial charge in [0.25, 0.3) is 0 Å². The predicted molar refractivity (Wildman–Crippen MR) is 31.3 cm³/mol. The molecule has 0 radical (unpaired) electrons. The van der Waals surface area contributed by atoms with Crippen molar-refractivity contribution in [1.82, 2.24) is 0 Å². The van der Waals surface area contributed by atoms with Crippen molar-refractivity contribution < 1.29 is 0 Å². The van der Waals surface area contributed by atoms with Crippen molar-refractivity contribution in [2.75, 3.05) is 0 Å². The van der Waals surface area contributed by atoms with Crippen LogP contribution in [-0.2, 0) is 0 Å². The monoisotopic (exact) mass is 98.1 g/mol. The molecule has 0 atom stereocenters. The molecule has 0 heterocycles. The number of nitrogens with one attached hydrogen (secondary N) is 1. The summed E-state index contributed by atoms with van der Waals surface area (Å²) < 4.78 is 0. The van der Waals surface area contributed by atoms with Crippen molar-refractivity contribution >= 4 is 6.21 Å². The molecule has 0 saturated carbocycles. The van der Waals surface area contributed by atoms with E-state index in [0.29, 0.717) is 5.70 Å². The number of allylic oxidation sites excluding steroid dienone is 2. The van der Waals surface area contributed by atoms with E-state index in [-0.39, 0.29) is 0 Å². The summed E-state index contributed by atoms with van der Waals surface area (Å²) in [5.41, 5.74) is 5.75. The smallest absolute Gasteiger partial charge is 0.0452 e. The van der Waals surface area contributed by atoms with Crippen LogP contribution in [0.15, 0.2) is 11.8 Å². The zero-order valence-electron chi connectivity index (χ0n) is 4.44. The summed E-state index contributed by atoms with van der Waals surface area (Å²) in [6.45, 7) is 1.98. The molecule has 40 valence electrons. The maximum absolute atomic E-state index is 6.59. The van der Waals surface area contributed by atoms with Crippen LogP contribution in [0.3, 0.4) is 0 Å². The molecule has 0 aromatic rings. The first-order chi connectivity index (χ1) is 3.31. The molecule has 0 rings (SSSR count). The lowest BCUT2D eigenvalue weighted by molar-refractivity contribution is 1.20. The molecule has 7 heavy (non-hydrogen) atoms. The average Bonchev–Trinajstić information content (AvgIpc) is 1.68. The highest BCUT2D eigenvalue weighted by molar-refractivity contribution is 5.73. The van der Waals surface area contributed by atoms with Crippen molar-refractivity contribution in [3.05, 3.63) is 11.8 Å². The molecule has 0 fully saturated rings. The standard InChI is InChI=1S/C5H10N2/c1-2-3-5(7)4-6/h3-4,6H,2,7H2,1H3/b5-3+,6-4?. The summed E-state index contributed by atoms with van der Waals surface area (Å²) in [5, 5.41) is 6.59. The van der Waals surface area contributed by atoms with Crippen LogP contribution in [0, 0.1) is 5.41 Å². The number of rotatable bonds is 2. The molecule has 0 aliphatic carbocycles. The fraction of sp³-hybridized carbons (Fsp3) is 0.400. The molecule has 0 saturated heterocycles. The molecule has 2 nitrogen and oxygen atoms in total. The maximum Gasteiger partial charge on any atom is 0.0452 e. The van der Waals surface area contributed by atoms with Crippen LogP contribution < -0.4 is 5.73 Å². The van der Waals surface area contributed by atoms with Gasteiger partial charge >= 0.3 is 0 Å². The van der Waals surface area contributed by atoms with Gasteiger partial charge in [0.15, 0.2) is 0 Å². The van der Waals surface area contributed by atoms with Crippen molar-refractivity contribution in [3.8, 4) is 0 Å². The highest BCUT2D eigenvalue weighted by atomic mass is 14.6. The summed E-state index contributed by atoms with van der Waals surface area (Å²) in [6.07, 6.45) is 3.84.